The molecular weight excluding hydrogens is 307 g/mol. The second-order valence-corrected chi connectivity index (χ2v) is 8.90. The minimum absolute atomic E-state index is 0.0322. The lowest BCUT2D eigenvalue weighted by molar-refractivity contribution is 0.449. The number of nitrogens with zero attached hydrogens (tertiary/aromatic N) is 2. The van der Waals surface area contributed by atoms with E-state index in [0.29, 0.717) is 5.69 Å². The summed E-state index contributed by atoms with van der Waals surface area (Å²) in [5.74, 6) is 0. The highest BCUT2D eigenvalue weighted by Crippen LogP contribution is 2.39. The second-order valence-electron chi connectivity index (χ2n) is 6.04. The first-order valence-electron chi connectivity index (χ1n) is 6.35. The van der Waals surface area contributed by atoms with Crippen molar-refractivity contribution in [1.29, 1.82) is 0 Å². The molecule has 1 aromatic heterocycles. The maximum atomic E-state index is 11.8. The lowest BCUT2D eigenvalue weighted by Crippen LogP contribution is -2.16. The molecule has 108 valence electrons. The quantitative estimate of drug-likeness (QED) is 0.776. The summed E-state index contributed by atoms with van der Waals surface area (Å²) < 4.78 is 25.2. The van der Waals surface area contributed by atoms with Crippen LogP contribution in [-0.2, 0) is 14.5 Å². The van der Waals surface area contributed by atoms with Gasteiger partial charge < -0.3 is 0 Å². The number of aromatic nitrogens is 2. The highest BCUT2D eigenvalue weighted by Gasteiger charge is 2.35. The maximum absolute atomic E-state index is 11.8. The van der Waals surface area contributed by atoms with Crippen LogP contribution in [0.5, 0.6) is 0 Å². The first-order chi connectivity index (χ1) is 8.62. The van der Waals surface area contributed by atoms with Gasteiger partial charge in [0.15, 0.2) is 0 Å². The highest BCUT2D eigenvalue weighted by atomic mass is 35.7. The molecule has 2 rings (SSSR count). The van der Waals surface area contributed by atoms with Crippen molar-refractivity contribution < 1.29 is 8.42 Å². The molecule has 0 atom stereocenters. The third kappa shape index (κ3) is 2.93. The van der Waals surface area contributed by atoms with Crippen molar-refractivity contribution in [2.45, 2.75) is 62.8 Å². The molecule has 1 aliphatic rings. The number of halogens is 2. The molecule has 4 nitrogen and oxygen atoms in total. The standard InChI is InChI=1S/C12H18Cl2N2O2S/c1-12(2,3)10-9(19(14,17)18)11(13)16(15-10)8-6-4-5-7-8/h8H,4-7H2,1-3H3. The van der Waals surface area contributed by atoms with E-state index < -0.39 is 14.5 Å². The molecule has 0 amide bonds. The zero-order chi connectivity index (χ0) is 14.4. The van der Waals surface area contributed by atoms with Crippen molar-refractivity contribution in [2.24, 2.45) is 0 Å². The van der Waals surface area contributed by atoms with Crippen LogP contribution in [0.4, 0.5) is 0 Å². The minimum atomic E-state index is -3.90. The molecule has 0 unspecified atom stereocenters. The normalized spacial score (nSPS) is 18.2. The Hall–Kier alpha value is -0.260. The van der Waals surface area contributed by atoms with E-state index in [9.17, 15) is 8.42 Å². The Labute approximate surface area is 123 Å². The van der Waals surface area contributed by atoms with Gasteiger partial charge in [0.2, 0.25) is 0 Å². The van der Waals surface area contributed by atoms with Crippen LogP contribution in [0, 0.1) is 0 Å². The van der Waals surface area contributed by atoms with E-state index in [1.807, 2.05) is 20.8 Å². The zero-order valence-electron chi connectivity index (χ0n) is 11.3. The van der Waals surface area contributed by atoms with Gasteiger partial charge in [-0.1, -0.05) is 45.2 Å². The van der Waals surface area contributed by atoms with Gasteiger partial charge in [-0.2, -0.15) is 5.10 Å². The van der Waals surface area contributed by atoms with Crippen LogP contribution in [0.3, 0.4) is 0 Å². The van der Waals surface area contributed by atoms with E-state index in [2.05, 4.69) is 5.10 Å². The van der Waals surface area contributed by atoms with E-state index in [-0.39, 0.29) is 16.1 Å². The van der Waals surface area contributed by atoms with Crippen LogP contribution < -0.4 is 0 Å². The van der Waals surface area contributed by atoms with Gasteiger partial charge in [-0.15, -0.1) is 0 Å². The van der Waals surface area contributed by atoms with Crippen molar-refractivity contribution in [2.75, 3.05) is 0 Å². The molecule has 0 aliphatic heterocycles. The molecular formula is C12H18Cl2N2O2S. The topological polar surface area (TPSA) is 52.0 Å². The van der Waals surface area contributed by atoms with Crippen molar-refractivity contribution in [3.05, 3.63) is 10.8 Å². The van der Waals surface area contributed by atoms with Gasteiger partial charge in [-0.3, -0.25) is 0 Å². The largest absolute Gasteiger partial charge is 0.266 e. The molecule has 0 radical (unpaired) electrons. The molecule has 0 bridgehead atoms. The molecule has 19 heavy (non-hydrogen) atoms. The van der Waals surface area contributed by atoms with Crippen LogP contribution in [0.25, 0.3) is 0 Å². The van der Waals surface area contributed by atoms with Gasteiger partial charge in [0.25, 0.3) is 9.05 Å². The van der Waals surface area contributed by atoms with Gasteiger partial charge in [0, 0.05) is 16.1 Å². The van der Waals surface area contributed by atoms with Crippen molar-refractivity contribution in [1.82, 2.24) is 9.78 Å². The summed E-state index contributed by atoms with van der Waals surface area (Å²) in [4.78, 5) is -0.0322. The Morgan fingerprint density at radius 2 is 1.79 bits per heavy atom. The molecule has 1 heterocycles. The number of hydrogen-bond donors (Lipinski definition) is 0. The Bertz CT molecular complexity index is 582. The minimum Gasteiger partial charge on any atom is -0.249 e. The van der Waals surface area contributed by atoms with E-state index in [0.717, 1.165) is 25.7 Å². The fraction of sp³-hybridized carbons (Fsp3) is 0.750. The Balaban J connectivity index is 2.64. The molecule has 1 fully saturated rings. The van der Waals surface area contributed by atoms with Crippen molar-refractivity contribution in [3.63, 3.8) is 0 Å². The smallest absolute Gasteiger partial charge is 0.249 e. The third-order valence-corrected chi connectivity index (χ3v) is 5.25. The SMILES string of the molecule is CC(C)(C)c1nn(C2CCCC2)c(Cl)c1S(=O)(=O)Cl. The Kier molecular flexibility index (Phi) is 3.93. The van der Waals surface area contributed by atoms with Gasteiger partial charge >= 0.3 is 0 Å². The lowest BCUT2D eigenvalue weighted by atomic mass is 9.92. The molecule has 0 N–H and O–H groups in total. The van der Waals surface area contributed by atoms with Gasteiger partial charge in [0.05, 0.1) is 11.7 Å². The monoisotopic (exact) mass is 324 g/mol. The average Bonchev–Trinajstić information content (AvgIpc) is 2.80. The van der Waals surface area contributed by atoms with E-state index in [4.69, 9.17) is 22.3 Å². The second kappa shape index (κ2) is 4.93. The Morgan fingerprint density at radius 1 is 1.26 bits per heavy atom. The van der Waals surface area contributed by atoms with Crippen LogP contribution in [-0.4, -0.2) is 18.2 Å². The Morgan fingerprint density at radius 3 is 2.16 bits per heavy atom. The molecule has 0 spiro atoms. The predicted molar refractivity (Wildman–Crippen MR) is 76.5 cm³/mol. The summed E-state index contributed by atoms with van der Waals surface area (Å²) in [5.41, 5.74) is 0.0181. The summed E-state index contributed by atoms with van der Waals surface area (Å²) in [6.07, 6.45) is 4.20. The summed E-state index contributed by atoms with van der Waals surface area (Å²) in [5, 5.41) is 4.60. The van der Waals surface area contributed by atoms with Gasteiger partial charge in [-0.05, 0) is 12.8 Å². The van der Waals surface area contributed by atoms with Crippen LogP contribution >= 0.6 is 22.3 Å². The third-order valence-electron chi connectivity index (χ3n) is 3.44. The fourth-order valence-corrected chi connectivity index (χ4v) is 4.50. The van der Waals surface area contributed by atoms with Crippen LogP contribution in [0.2, 0.25) is 5.15 Å². The van der Waals surface area contributed by atoms with E-state index in [1.165, 1.54) is 0 Å². The van der Waals surface area contributed by atoms with Crippen LogP contribution in [0.1, 0.15) is 58.2 Å². The number of rotatable bonds is 2. The first-order valence-corrected chi connectivity index (χ1v) is 9.04. The fourth-order valence-electron chi connectivity index (χ4n) is 2.50. The number of hydrogen-bond acceptors (Lipinski definition) is 3. The molecule has 1 saturated carbocycles. The molecule has 1 aliphatic carbocycles. The molecule has 0 saturated heterocycles. The lowest BCUT2D eigenvalue weighted by Gasteiger charge is -2.16. The highest BCUT2D eigenvalue weighted by molar-refractivity contribution is 8.13. The molecule has 0 aromatic carbocycles. The molecule has 7 heteroatoms. The molecule has 1 aromatic rings. The summed E-state index contributed by atoms with van der Waals surface area (Å²) in [7, 11) is 1.63. The maximum Gasteiger partial charge on any atom is 0.266 e. The summed E-state index contributed by atoms with van der Waals surface area (Å²) in [6.45, 7) is 5.70. The van der Waals surface area contributed by atoms with Gasteiger partial charge in [0.1, 0.15) is 10.0 Å². The zero-order valence-corrected chi connectivity index (χ0v) is 13.6. The van der Waals surface area contributed by atoms with Crippen LogP contribution in [0.15, 0.2) is 4.90 Å². The predicted octanol–water partition coefficient (Wildman–Crippen LogP) is 3.88. The van der Waals surface area contributed by atoms with E-state index >= 15 is 0 Å². The van der Waals surface area contributed by atoms with Crippen molar-refractivity contribution >= 4 is 31.3 Å². The first kappa shape index (κ1) is 15.1. The summed E-state index contributed by atoms with van der Waals surface area (Å²) in [6, 6.07) is 0.181. The van der Waals surface area contributed by atoms with Crippen molar-refractivity contribution in [3.8, 4) is 0 Å². The van der Waals surface area contributed by atoms with E-state index in [1.54, 1.807) is 4.68 Å². The van der Waals surface area contributed by atoms with Gasteiger partial charge in [-0.25, -0.2) is 13.1 Å². The summed E-state index contributed by atoms with van der Waals surface area (Å²) >= 11 is 6.24. The average molecular weight is 325 g/mol.